The lowest BCUT2D eigenvalue weighted by molar-refractivity contribution is -0.132. The second-order valence-corrected chi connectivity index (χ2v) is 8.93. The highest BCUT2D eigenvalue weighted by molar-refractivity contribution is 7.89. The normalized spacial score (nSPS) is 16.6. The Bertz CT molecular complexity index is 909. The Morgan fingerprint density at radius 2 is 2.07 bits per heavy atom. The van der Waals surface area contributed by atoms with E-state index in [4.69, 9.17) is 16.3 Å². The van der Waals surface area contributed by atoms with Gasteiger partial charge in [-0.3, -0.25) is 4.79 Å². The number of nitrogens with zero attached hydrogens (tertiary/aromatic N) is 1. The molecule has 7 nitrogen and oxygen atoms in total. The minimum Gasteiger partial charge on any atom is -0.452 e. The number of amides is 1. The predicted octanol–water partition coefficient (Wildman–Crippen LogP) is 2.85. The zero-order valence-electron chi connectivity index (χ0n) is 15.6. The molecule has 0 saturated heterocycles. The lowest BCUT2D eigenvalue weighted by atomic mass is 10.2. The number of hydrogen-bond donors (Lipinski definition) is 1. The van der Waals surface area contributed by atoms with Crippen LogP contribution < -0.4 is 4.72 Å². The van der Waals surface area contributed by atoms with Crippen LogP contribution >= 0.6 is 11.6 Å². The van der Waals surface area contributed by atoms with Crippen LogP contribution in [0.3, 0.4) is 0 Å². The number of sulfonamides is 1. The topological polar surface area (TPSA) is 92.8 Å². The van der Waals surface area contributed by atoms with Crippen LogP contribution in [0.2, 0.25) is 5.02 Å². The first kappa shape index (κ1) is 20.8. The summed E-state index contributed by atoms with van der Waals surface area (Å²) in [5.74, 6) is -1.08. The average molecular weight is 427 g/mol. The summed E-state index contributed by atoms with van der Waals surface area (Å²) in [6.07, 6.45) is 6.37. The van der Waals surface area contributed by atoms with Gasteiger partial charge in [0.2, 0.25) is 10.0 Å². The zero-order valence-corrected chi connectivity index (χ0v) is 17.2. The summed E-state index contributed by atoms with van der Waals surface area (Å²) < 4.78 is 32.5. The van der Waals surface area contributed by atoms with Gasteiger partial charge in [0, 0.05) is 18.3 Å². The Balaban J connectivity index is 1.67. The minimum absolute atomic E-state index is 0.0195. The molecule has 0 heterocycles. The molecule has 0 bridgehead atoms. The van der Waals surface area contributed by atoms with E-state index >= 15 is 0 Å². The molecule has 1 saturated carbocycles. The van der Waals surface area contributed by atoms with E-state index in [1.54, 1.807) is 4.90 Å². The highest BCUT2D eigenvalue weighted by atomic mass is 35.5. The molecule has 0 aromatic heterocycles. The lowest BCUT2D eigenvalue weighted by Gasteiger charge is -2.22. The Labute approximate surface area is 169 Å². The molecule has 0 radical (unpaired) electrons. The molecule has 9 heteroatoms. The SMILES string of the molecule is CCN(C(=O)COC(=O)c1ccc(Cl)c(S(=O)(=O)NC2CC2)c1)C1=CCCC1. The molecular weight excluding hydrogens is 404 g/mol. The molecule has 2 aliphatic carbocycles. The van der Waals surface area contributed by atoms with E-state index in [-0.39, 0.29) is 27.4 Å². The van der Waals surface area contributed by atoms with E-state index in [2.05, 4.69) is 4.72 Å². The number of hydrogen-bond acceptors (Lipinski definition) is 5. The van der Waals surface area contributed by atoms with Crippen LogP contribution in [-0.4, -0.2) is 44.4 Å². The molecule has 3 rings (SSSR count). The fourth-order valence-electron chi connectivity index (χ4n) is 3.05. The molecular formula is C19H23ClN2O5S. The van der Waals surface area contributed by atoms with Gasteiger partial charge in [-0.15, -0.1) is 0 Å². The van der Waals surface area contributed by atoms with Gasteiger partial charge < -0.3 is 9.64 Å². The highest BCUT2D eigenvalue weighted by Gasteiger charge is 2.30. The van der Waals surface area contributed by atoms with Crippen molar-refractivity contribution in [3.63, 3.8) is 0 Å². The maximum absolute atomic E-state index is 12.4. The van der Waals surface area contributed by atoms with Gasteiger partial charge in [-0.1, -0.05) is 17.7 Å². The van der Waals surface area contributed by atoms with Crippen molar-refractivity contribution in [3.05, 3.63) is 40.6 Å². The van der Waals surface area contributed by atoms with E-state index < -0.39 is 22.6 Å². The first-order valence-corrected chi connectivity index (χ1v) is 11.2. The quantitative estimate of drug-likeness (QED) is 0.645. The van der Waals surface area contributed by atoms with Crippen LogP contribution in [0.25, 0.3) is 0 Å². The third kappa shape index (κ3) is 4.92. The monoisotopic (exact) mass is 426 g/mol. The number of carbonyl (C=O) groups excluding carboxylic acids is 2. The van der Waals surface area contributed by atoms with Crippen molar-refractivity contribution >= 4 is 33.5 Å². The smallest absolute Gasteiger partial charge is 0.338 e. The predicted molar refractivity (Wildman–Crippen MR) is 104 cm³/mol. The number of allylic oxidation sites excluding steroid dienone is 2. The first-order chi connectivity index (χ1) is 13.3. The number of esters is 1. The van der Waals surface area contributed by atoms with Gasteiger partial charge in [0.05, 0.1) is 10.6 Å². The van der Waals surface area contributed by atoms with E-state index in [1.807, 2.05) is 13.0 Å². The van der Waals surface area contributed by atoms with E-state index in [9.17, 15) is 18.0 Å². The summed E-state index contributed by atoms with van der Waals surface area (Å²) in [6, 6.07) is 3.81. The van der Waals surface area contributed by atoms with Crippen LogP contribution in [-0.2, 0) is 19.6 Å². The van der Waals surface area contributed by atoms with E-state index in [1.165, 1.54) is 18.2 Å². The van der Waals surface area contributed by atoms with Crippen molar-refractivity contribution in [1.82, 2.24) is 9.62 Å². The molecule has 28 heavy (non-hydrogen) atoms. The fourth-order valence-corrected chi connectivity index (χ4v) is 4.88. The summed E-state index contributed by atoms with van der Waals surface area (Å²) in [4.78, 5) is 26.2. The van der Waals surface area contributed by atoms with Crippen LogP contribution in [0.5, 0.6) is 0 Å². The second kappa shape index (κ2) is 8.63. The largest absolute Gasteiger partial charge is 0.452 e. The number of ether oxygens (including phenoxy) is 1. The fraction of sp³-hybridized carbons (Fsp3) is 0.474. The molecule has 1 amide bonds. The summed E-state index contributed by atoms with van der Waals surface area (Å²) in [5.41, 5.74) is 0.978. The number of carbonyl (C=O) groups is 2. The van der Waals surface area contributed by atoms with Crippen molar-refractivity contribution in [2.75, 3.05) is 13.2 Å². The number of likely N-dealkylation sites (N-methyl/N-ethyl adjacent to an activating group) is 1. The van der Waals surface area contributed by atoms with Crippen LogP contribution in [0.1, 0.15) is 49.4 Å². The molecule has 0 aliphatic heterocycles. The number of nitrogens with one attached hydrogen (secondary N) is 1. The molecule has 0 unspecified atom stereocenters. The Kier molecular flexibility index (Phi) is 6.42. The van der Waals surface area contributed by atoms with Gasteiger partial charge in [-0.25, -0.2) is 17.9 Å². The van der Waals surface area contributed by atoms with Crippen LogP contribution in [0, 0.1) is 0 Å². The number of benzene rings is 1. The number of rotatable bonds is 8. The molecule has 1 N–H and O–H groups in total. The maximum atomic E-state index is 12.4. The van der Waals surface area contributed by atoms with Crippen molar-refractivity contribution < 1.29 is 22.7 Å². The average Bonchev–Trinajstić information content (AvgIpc) is 3.29. The first-order valence-electron chi connectivity index (χ1n) is 9.30. The summed E-state index contributed by atoms with van der Waals surface area (Å²) in [5, 5.41) is 0.0195. The minimum atomic E-state index is -3.82. The zero-order chi connectivity index (χ0) is 20.3. The maximum Gasteiger partial charge on any atom is 0.338 e. The summed E-state index contributed by atoms with van der Waals surface area (Å²) in [7, 11) is -3.82. The van der Waals surface area contributed by atoms with Crippen molar-refractivity contribution in [2.45, 2.75) is 50.0 Å². The van der Waals surface area contributed by atoms with Crippen molar-refractivity contribution in [2.24, 2.45) is 0 Å². The Morgan fingerprint density at radius 3 is 2.68 bits per heavy atom. The van der Waals surface area contributed by atoms with Gasteiger partial charge in [-0.2, -0.15) is 0 Å². The molecule has 1 aromatic rings. The van der Waals surface area contributed by atoms with Crippen LogP contribution in [0.4, 0.5) is 0 Å². The molecule has 0 atom stereocenters. The van der Waals surface area contributed by atoms with Gasteiger partial charge in [0.15, 0.2) is 6.61 Å². The van der Waals surface area contributed by atoms with Crippen molar-refractivity contribution in [3.8, 4) is 0 Å². The van der Waals surface area contributed by atoms with E-state index in [0.717, 1.165) is 37.8 Å². The van der Waals surface area contributed by atoms with Gasteiger partial charge in [-0.05, 0) is 57.2 Å². The molecule has 152 valence electrons. The summed E-state index contributed by atoms with van der Waals surface area (Å²) in [6.45, 7) is 1.95. The summed E-state index contributed by atoms with van der Waals surface area (Å²) >= 11 is 6.01. The molecule has 1 aromatic carbocycles. The molecule has 2 aliphatic rings. The van der Waals surface area contributed by atoms with Gasteiger partial charge >= 0.3 is 5.97 Å². The van der Waals surface area contributed by atoms with Crippen molar-refractivity contribution in [1.29, 1.82) is 0 Å². The third-order valence-electron chi connectivity index (χ3n) is 4.66. The second-order valence-electron chi connectivity index (χ2n) is 6.84. The standard InChI is InChI=1S/C19H23ClN2O5S/c1-2-22(15-5-3-4-6-15)18(23)12-27-19(24)13-7-10-16(20)17(11-13)28(25,26)21-14-8-9-14/h5,7,10-11,14,21H,2-4,6,8-9,12H2,1H3. The van der Waals surface area contributed by atoms with Gasteiger partial charge in [0.25, 0.3) is 5.91 Å². The lowest BCUT2D eigenvalue weighted by Crippen LogP contribution is -2.33. The Hall–Kier alpha value is -1.90. The van der Waals surface area contributed by atoms with E-state index in [0.29, 0.717) is 6.54 Å². The van der Waals surface area contributed by atoms with Gasteiger partial charge in [0.1, 0.15) is 4.90 Å². The Morgan fingerprint density at radius 1 is 1.32 bits per heavy atom. The molecule has 1 fully saturated rings. The van der Waals surface area contributed by atoms with Crippen LogP contribution in [0.15, 0.2) is 34.9 Å². The number of halogens is 1. The highest BCUT2D eigenvalue weighted by Crippen LogP contribution is 2.27. The third-order valence-corrected chi connectivity index (χ3v) is 6.67. The molecule has 0 spiro atoms.